The van der Waals surface area contributed by atoms with Crippen molar-refractivity contribution in [3.63, 3.8) is 0 Å². The van der Waals surface area contributed by atoms with Crippen LogP contribution in [0.2, 0.25) is 5.02 Å². The van der Waals surface area contributed by atoms with Crippen LogP contribution in [0.15, 0.2) is 12.1 Å². The van der Waals surface area contributed by atoms with Crippen LogP contribution in [0, 0.1) is 6.92 Å². The summed E-state index contributed by atoms with van der Waals surface area (Å²) < 4.78 is 5.28. The zero-order valence-corrected chi connectivity index (χ0v) is 9.90. The van der Waals surface area contributed by atoms with Crippen LogP contribution in [0.4, 0.5) is 0 Å². The highest BCUT2D eigenvalue weighted by molar-refractivity contribution is 7.80. The molecule has 0 saturated carbocycles. The summed E-state index contributed by atoms with van der Waals surface area (Å²) in [6.07, 6.45) is 0. The third-order valence-corrected chi connectivity index (χ3v) is 2.68. The van der Waals surface area contributed by atoms with Gasteiger partial charge in [-0.1, -0.05) is 11.6 Å². The highest BCUT2D eigenvalue weighted by Gasteiger charge is 2.13. The van der Waals surface area contributed by atoms with Gasteiger partial charge in [0.2, 0.25) is 0 Å². The summed E-state index contributed by atoms with van der Waals surface area (Å²) in [6, 6.07) is 3.54. The fraction of sp³-hybridized carbons (Fsp3) is 0.400. The Kier molecular flexibility index (Phi) is 4.11. The molecule has 0 heterocycles. The van der Waals surface area contributed by atoms with Gasteiger partial charge < -0.3 is 10.5 Å². The second-order valence-corrected chi connectivity index (χ2v) is 3.94. The van der Waals surface area contributed by atoms with Gasteiger partial charge in [0.1, 0.15) is 5.75 Å². The second kappa shape index (κ2) is 4.91. The van der Waals surface area contributed by atoms with Gasteiger partial charge in [-0.2, -0.15) is 12.6 Å². The minimum Gasteiger partial charge on any atom is -0.496 e. The lowest BCUT2D eigenvalue weighted by Gasteiger charge is -2.16. The number of methoxy groups -OCH3 is 1. The molecule has 0 bridgehead atoms. The van der Waals surface area contributed by atoms with E-state index < -0.39 is 0 Å². The lowest BCUT2D eigenvalue weighted by molar-refractivity contribution is 0.404. The fourth-order valence-corrected chi connectivity index (χ4v) is 1.89. The van der Waals surface area contributed by atoms with E-state index in [2.05, 4.69) is 12.6 Å². The first kappa shape index (κ1) is 11.7. The van der Waals surface area contributed by atoms with E-state index >= 15 is 0 Å². The Morgan fingerprint density at radius 3 is 2.71 bits per heavy atom. The first-order valence-electron chi connectivity index (χ1n) is 4.30. The van der Waals surface area contributed by atoms with Gasteiger partial charge in [-0.05, 0) is 24.6 Å². The van der Waals surface area contributed by atoms with Gasteiger partial charge in [0.05, 0.1) is 7.11 Å². The molecule has 0 aromatic heterocycles. The molecule has 1 atom stereocenters. The van der Waals surface area contributed by atoms with Crippen molar-refractivity contribution in [1.82, 2.24) is 0 Å². The molecule has 14 heavy (non-hydrogen) atoms. The SMILES string of the molecule is COc1c(C)cc(Cl)cc1C(N)CS. The first-order valence-corrected chi connectivity index (χ1v) is 5.31. The predicted octanol–water partition coefficient (Wildman–Crippen LogP) is 2.59. The van der Waals surface area contributed by atoms with Crippen molar-refractivity contribution in [2.24, 2.45) is 5.73 Å². The number of hydrogen-bond donors (Lipinski definition) is 2. The molecular formula is C10H14ClNOS. The van der Waals surface area contributed by atoms with Crippen LogP contribution in [0.1, 0.15) is 17.2 Å². The summed E-state index contributed by atoms with van der Waals surface area (Å²) in [4.78, 5) is 0. The van der Waals surface area contributed by atoms with Crippen LogP contribution in [0.25, 0.3) is 0 Å². The maximum Gasteiger partial charge on any atom is 0.126 e. The Morgan fingerprint density at radius 2 is 2.21 bits per heavy atom. The molecule has 2 N–H and O–H groups in total. The van der Waals surface area contributed by atoms with E-state index in [0.29, 0.717) is 10.8 Å². The summed E-state index contributed by atoms with van der Waals surface area (Å²) in [5.74, 6) is 1.37. The van der Waals surface area contributed by atoms with Gasteiger partial charge in [0.25, 0.3) is 0 Å². The first-order chi connectivity index (χ1) is 6.60. The molecule has 0 aliphatic rings. The second-order valence-electron chi connectivity index (χ2n) is 3.13. The fourth-order valence-electron chi connectivity index (χ4n) is 1.41. The molecule has 0 amide bonds. The van der Waals surface area contributed by atoms with Crippen molar-refractivity contribution in [1.29, 1.82) is 0 Å². The summed E-state index contributed by atoms with van der Waals surface area (Å²) in [5, 5.41) is 0.676. The van der Waals surface area contributed by atoms with E-state index in [4.69, 9.17) is 22.1 Å². The number of aryl methyl sites for hydroxylation is 1. The van der Waals surface area contributed by atoms with Crippen LogP contribution >= 0.6 is 24.2 Å². The van der Waals surface area contributed by atoms with E-state index in [9.17, 15) is 0 Å². The molecule has 78 valence electrons. The van der Waals surface area contributed by atoms with Gasteiger partial charge in [0.15, 0.2) is 0 Å². The molecular weight excluding hydrogens is 218 g/mol. The summed E-state index contributed by atoms with van der Waals surface area (Å²) >= 11 is 10.1. The van der Waals surface area contributed by atoms with Crippen molar-refractivity contribution in [3.05, 3.63) is 28.3 Å². The minimum absolute atomic E-state index is 0.148. The standard InChI is InChI=1S/C10H14ClNOS/c1-6-3-7(11)4-8(9(12)5-14)10(6)13-2/h3-4,9,14H,5,12H2,1-2H3. The minimum atomic E-state index is -0.148. The van der Waals surface area contributed by atoms with E-state index in [1.165, 1.54) is 0 Å². The Bertz CT molecular complexity index is 330. The normalized spacial score (nSPS) is 12.6. The number of hydrogen-bond acceptors (Lipinski definition) is 3. The maximum absolute atomic E-state index is 5.94. The molecule has 1 unspecified atom stereocenters. The predicted molar refractivity (Wildman–Crippen MR) is 63.5 cm³/mol. The molecule has 1 rings (SSSR count). The van der Waals surface area contributed by atoms with Crippen LogP contribution < -0.4 is 10.5 Å². The molecule has 0 spiro atoms. The van der Waals surface area contributed by atoms with Crippen molar-refractivity contribution in [2.45, 2.75) is 13.0 Å². The number of nitrogens with two attached hydrogens (primary N) is 1. The molecule has 1 aromatic carbocycles. The molecule has 0 saturated heterocycles. The Labute approximate surface area is 94.8 Å². The summed E-state index contributed by atoms with van der Waals surface area (Å²) in [6.45, 7) is 1.94. The van der Waals surface area contributed by atoms with E-state index in [1.807, 2.05) is 19.1 Å². The number of ether oxygens (including phenoxy) is 1. The van der Waals surface area contributed by atoms with Gasteiger partial charge in [0, 0.05) is 22.4 Å². The lowest BCUT2D eigenvalue weighted by atomic mass is 10.0. The Balaban J connectivity index is 3.24. The van der Waals surface area contributed by atoms with Crippen LogP contribution in [0.5, 0.6) is 5.75 Å². The van der Waals surface area contributed by atoms with E-state index in [1.54, 1.807) is 7.11 Å². The molecule has 1 aromatic rings. The van der Waals surface area contributed by atoms with Gasteiger partial charge in [-0.15, -0.1) is 0 Å². The molecule has 0 aliphatic heterocycles. The Hall–Kier alpha value is -0.380. The monoisotopic (exact) mass is 231 g/mol. The van der Waals surface area contributed by atoms with Crippen LogP contribution in [-0.4, -0.2) is 12.9 Å². The number of halogens is 1. The smallest absolute Gasteiger partial charge is 0.126 e. The van der Waals surface area contributed by atoms with Crippen molar-refractivity contribution >= 4 is 24.2 Å². The van der Waals surface area contributed by atoms with Gasteiger partial charge in [-0.3, -0.25) is 0 Å². The molecule has 4 heteroatoms. The van der Waals surface area contributed by atoms with Crippen LogP contribution in [-0.2, 0) is 0 Å². The highest BCUT2D eigenvalue weighted by Crippen LogP contribution is 2.31. The van der Waals surface area contributed by atoms with Crippen LogP contribution in [0.3, 0.4) is 0 Å². The summed E-state index contributed by atoms with van der Waals surface area (Å²) in [7, 11) is 1.63. The summed E-state index contributed by atoms with van der Waals surface area (Å²) in [5.41, 5.74) is 7.80. The largest absolute Gasteiger partial charge is 0.496 e. The molecule has 0 aliphatic carbocycles. The maximum atomic E-state index is 5.94. The van der Waals surface area contributed by atoms with Crippen molar-refractivity contribution < 1.29 is 4.74 Å². The van der Waals surface area contributed by atoms with E-state index in [-0.39, 0.29) is 6.04 Å². The number of thiol groups is 1. The van der Waals surface area contributed by atoms with Crippen molar-refractivity contribution in [2.75, 3.05) is 12.9 Å². The molecule has 0 radical (unpaired) electrons. The molecule has 0 fully saturated rings. The molecule has 2 nitrogen and oxygen atoms in total. The lowest BCUT2D eigenvalue weighted by Crippen LogP contribution is -2.13. The quantitative estimate of drug-likeness (QED) is 0.785. The number of benzene rings is 1. The van der Waals surface area contributed by atoms with Crippen molar-refractivity contribution in [3.8, 4) is 5.75 Å². The number of rotatable bonds is 3. The third-order valence-electron chi connectivity index (χ3n) is 2.07. The average molecular weight is 232 g/mol. The van der Waals surface area contributed by atoms with E-state index in [0.717, 1.165) is 16.9 Å². The van der Waals surface area contributed by atoms with Gasteiger partial charge >= 0.3 is 0 Å². The highest BCUT2D eigenvalue weighted by atomic mass is 35.5. The topological polar surface area (TPSA) is 35.2 Å². The zero-order chi connectivity index (χ0) is 10.7. The Morgan fingerprint density at radius 1 is 1.57 bits per heavy atom. The van der Waals surface area contributed by atoms with Gasteiger partial charge in [-0.25, -0.2) is 0 Å². The average Bonchev–Trinajstić information content (AvgIpc) is 2.15. The third kappa shape index (κ3) is 2.35. The zero-order valence-electron chi connectivity index (χ0n) is 8.25.